The van der Waals surface area contributed by atoms with Crippen molar-refractivity contribution in [1.29, 1.82) is 0 Å². The quantitative estimate of drug-likeness (QED) is 0.716. The molecule has 2 aromatic carbocycles. The molecular formula is C21H26N2O3. The van der Waals surface area contributed by atoms with E-state index in [4.69, 9.17) is 9.47 Å². The van der Waals surface area contributed by atoms with Gasteiger partial charge in [-0.2, -0.15) is 0 Å². The molecule has 0 atom stereocenters. The van der Waals surface area contributed by atoms with Crippen LogP contribution in [0.2, 0.25) is 0 Å². The van der Waals surface area contributed by atoms with Crippen LogP contribution >= 0.6 is 0 Å². The molecule has 1 aliphatic heterocycles. The Kier molecular flexibility index (Phi) is 6.36. The highest BCUT2D eigenvalue weighted by Crippen LogP contribution is 2.21. The number of piperazine rings is 1. The third-order valence-electron chi connectivity index (χ3n) is 4.50. The summed E-state index contributed by atoms with van der Waals surface area (Å²) in [6.45, 7) is 6.22. The molecule has 1 aliphatic rings. The zero-order valence-electron chi connectivity index (χ0n) is 15.3. The van der Waals surface area contributed by atoms with Crippen molar-refractivity contribution in [1.82, 2.24) is 4.90 Å². The second kappa shape index (κ2) is 9.13. The van der Waals surface area contributed by atoms with Gasteiger partial charge in [0.25, 0.3) is 0 Å². The number of benzene rings is 2. The van der Waals surface area contributed by atoms with E-state index in [0.717, 1.165) is 44.1 Å². The van der Waals surface area contributed by atoms with Crippen LogP contribution in [0.25, 0.3) is 0 Å². The highest BCUT2D eigenvalue weighted by Gasteiger charge is 2.18. The van der Waals surface area contributed by atoms with Gasteiger partial charge >= 0.3 is 0 Å². The number of rotatable bonds is 7. The van der Waals surface area contributed by atoms with Gasteiger partial charge < -0.3 is 19.3 Å². The number of para-hydroxylation sites is 1. The van der Waals surface area contributed by atoms with Gasteiger partial charge in [-0.1, -0.05) is 18.2 Å². The molecule has 1 fully saturated rings. The van der Waals surface area contributed by atoms with E-state index < -0.39 is 0 Å². The summed E-state index contributed by atoms with van der Waals surface area (Å²) in [6, 6.07) is 18.0. The first-order valence-corrected chi connectivity index (χ1v) is 9.13. The summed E-state index contributed by atoms with van der Waals surface area (Å²) >= 11 is 0. The number of nitrogens with zero attached hydrogens (tertiary/aromatic N) is 2. The lowest BCUT2D eigenvalue weighted by atomic mass is 10.2. The van der Waals surface area contributed by atoms with E-state index >= 15 is 0 Å². The first-order chi connectivity index (χ1) is 12.7. The predicted octanol–water partition coefficient (Wildman–Crippen LogP) is 3.20. The molecule has 0 radical (unpaired) electrons. The first-order valence-electron chi connectivity index (χ1n) is 9.13. The van der Waals surface area contributed by atoms with Crippen LogP contribution in [-0.4, -0.2) is 50.2 Å². The average Bonchev–Trinajstić information content (AvgIpc) is 2.69. The molecule has 0 unspecified atom stereocenters. The number of hydrogen-bond acceptors (Lipinski definition) is 4. The number of carbonyl (C=O) groups is 1. The monoisotopic (exact) mass is 354 g/mol. The molecule has 138 valence electrons. The van der Waals surface area contributed by atoms with Crippen LogP contribution in [0, 0.1) is 0 Å². The molecule has 0 aromatic heterocycles. The van der Waals surface area contributed by atoms with E-state index in [1.165, 1.54) is 5.69 Å². The molecule has 5 heteroatoms. The normalized spacial score (nSPS) is 14.2. The highest BCUT2D eigenvalue weighted by molar-refractivity contribution is 5.73. The molecule has 26 heavy (non-hydrogen) atoms. The molecule has 0 N–H and O–H groups in total. The highest BCUT2D eigenvalue weighted by atomic mass is 16.5. The number of carbonyl (C=O) groups excluding carboxylic acids is 1. The molecule has 5 nitrogen and oxygen atoms in total. The van der Waals surface area contributed by atoms with Gasteiger partial charge in [0.05, 0.1) is 13.2 Å². The minimum absolute atomic E-state index is 0.157. The van der Waals surface area contributed by atoms with Crippen molar-refractivity contribution in [2.45, 2.75) is 13.3 Å². The molecule has 0 saturated carbocycles. The van der Waals surface area contributed by atoms with Gasteiger partial charge in [-0.05, 0) is 36.4 Å². The molecule has 1 saturated heterocycles. The van der Waals surface area contributed by atoms with Crippen LogP contribution in [0.5, 0.6) is 11.5 Å². The van der Waals surface area contributed by atoms with Crippen molar-refractivity contribution in [3.05, 3.63) is 54.6 Å². The van der Waals surface area contributed by atoms with E-state index in [0.29, 0.717) is 13.2 Å². The number of anilines is 1. The Bertz CT molecular complexity index is 680. The SMILES string of the molecule is CC(=O)N1CCN(c2ccc(OCCCOc3ccccc3)cc2)CC1. The summed E-state index contributed by atoms with van der Waals surface area (Å²) in [4.78, 5) is 15.6. The van der Waals surface area contributed by atoms with Crippen molar-refractivity contribution >= 4 is 11.6 Å². The molecule has 0 spiro atoms. The molecule has 0 bridgehead atoms. The Labute approximate surface area is 155 Å². The second-order valence-electron chi connectivity index (χ2n) is 6.35. The largest absolute Gasteiger partial charge is 0.493 e. The second-order valence-corrected chi connectivity index (χ2v) is 6.35. The molecule has 0 aliphatic carbocycles. The zero-order chi connectivity index (χ0) is 18.2. The Balaban J connectivity index is 1.37. The number of ether oxygens (including phenoxy) is 2. The minimum Gasteiger partial charge on any atom is -0.493 e. The molecular weight excluding hydrogens is 328 g/mol. The third-order valence-corrected chi connectivity index (χ3v) is 4.50. The van der Waals surface area contributed by atoms with Gasteiger partial charge in [-0.25, -0.2) is 0 Å². The van der Waals surface area contributed by atoms with E-state index in [9.17, 15) is 4.79 Å². The van der Waals surface area contributed by atoms with Gasteiger partial charge in [-0.15, -0.1) is 0 Å². The van der Waals surface area contributed by atoms with Crippen molar-refractivity contribution < 1.29 is 14.3 Å². The van der Waals surface area contributed by atoms with Crippen molar-refractivity contribution in [2.24, 2.45) is 0 Å². The summed E-state index contributed by atoms with van der Waals surface area (Å²) in [6.07, 6.45) is 0.837. The van der Waals surface area contributed by atoms with Crippen molar-refractivity contribution in [3.63, 3.8) is 0 Å². The lowest BCUT2D eigenvalue weighted by Crippen LogP contribution is -2.48. The lowest BCUT2D eigenvalue weighted by molar-refractivity contribution is -0.129. The van der Waals surface area contributed by atoms with E-state index in [1.807, 2.05) is 47.4 Å². The van der Waals surface area contributed by atoms with E-state index in [1.54, 1.807) is 6.92 Å². The fourth-order valence-corrected chi connectivity index (χ4v) is 2.99. The van der Waals surface area contributed by atoms with Gasteiger partial charge in [0.15, 0.2) is 0 Å². The van der Waals surface area contributed by atoms with Gasteiger partial charge in [0, 0.05) is 45.2 Å². The summed E-state index contributed by atoms with van der Waals surface area (Å²) in [5.74, 6) is 1.92. The van der Waals surface area contributed by atoms with Crippen molar-refractivity contribution in [2.75, 3.05) is 44.3 Å². The summed E-state index contributed by atoms with van der Waals surface area (Å²) in [5.41, 5.74) is 1.17. The van der Waals surface area contributed by atoms with Crippen molar-refractivity contribution in [3.8, 4) is 11.5 Å². The fraction of sp³-hybridized carbons (Fsp3) is 0.381. The smallest absolute Gasteiger partial charge is 0.219 e. The Morgan fingerprint density at radius 2 is 1.42 bits per heavy atom. The summed E-state index contributed by atoms with van der Waals surface area (Å²) < 4.78 is 11.4. The third kappa shape index (κ3) is 5.15. The van der Waals surface area contributed by atoms with Gasteiger partial charge in [0.2, 0.25) is 5.91 Å². The van der Waals surface area contributed by atoms with E-state index in [2.05, 4.69) is 17.0 Å². The Hall–Kier alpha value is -2.69. The first kappa shape index (κ1) is 18.1. The van der Waals surface area contributed by atoms with Crippen LogP contribution < -0.4 is 14.4 Å². The molecule has 3 rings (SSSR count). The maximum absolute atomic E-state index is 11.4. The predicted molar refractivity (Wildman–Crippen MR) is 103 cm³/mol. The molecule has 2 aromatic rings. The molecule has 1 heterocycles. The van der Waals surface area contributed by atoms with Gasteiger partial charge in [-0.3, -0.25) is 4.79 Å². The number of hydrogen-bond donors (Lipinski definition) is 0. The summed E-state index contributed by atoms with van der Waals surface area (Å²) in [7, 11) is 0. The average molecular weight is 354 g/mol. The van der Waals surface area contributed by atoms with Crippen LogP contribution in [0.1, 0.15) is 13.3 Å². The topological polar surface area (TPSA) is 42.0 Å². The van der Waals surface area contributed by atoms with E-state index in [-0.39, 0.29) is 5.91 Å². The van der Waals surface area contributed by atoms with Crippen LogP contribution in [0.15, 0.2) is 54.6 Å². The summed E-state index contributed by atoms with van der Waals surface area (Å²) in [5, 5.41) is 0. The van der Waals surface area contributed by atoms with Crippen LogP contribution in [-0.2, 0) is 4.79 Å². The zero-order valence-corrected chi connectivity index (χ0v) is 15.3. The fourth-order valence-electron chi connectivity index (χ4n) is 2.99. The standard InChI is InChI=1S/C21H26N2O3/c1-18(24)22-12-14-23(15-13-22)19-8-10-21(11-9-19)26-17-5-16-25-20-6-3-2-4-7-20/h2-4,6-11H,5,12-17H2,1H3. The van der Waals surface area contributed by atoms with Crippen LogP contribution in [0.3, 0.4) is 0 Å². The number of amides is 1. The Morgan fingerprint density at radius 3 is 2.00 bits per heavy atom. The minimum atomic E-state index is 0.157. The molecule has 1 amide bonds. The Morgan fingerprint density at radius 1 is 0.846 bits per heavy atom. The lowest BCUT2D eigenvalue weighted by Gasteiger charge is -2.35. The van der Waals surface area contributed by atoms with Crippen LogP contribution in [0.4, 0.5) is 5.69 Å². The maximum Gasteiger partial charge on any atom is 0.219 e. The maximum atomic E-state index is 11.4. The van der Waals surface area contributed by atoms with Gasteiger partial charge in [0.1, 0.15) is 11.5 Å².